The zero-order chi connectivity index (χ0) is 14.6. The molecule has 1 unspecified atom stereocenters. The van der Waals surface area contributed by atoms with Gasteiger partial charge in [-0.15, -0.1) is 0 Å². The van der Waals surface area contributed by atoms with Gasteiger partial charge in [0.1, 0.15) is 0 Å². The van der Waals surface area contributed by atoms with Gasteiger partial charge in [0.25, 0.3) is 0 Å². The molecule has 1 aromatic carbocycles. The van der Waals surface area contributed by atoms with Gasteiger partial charge in [-0.05, 0) is 36.8 Å². The van der Waals surface area contributed by atoms with Crippen molar-refractivity contribution in [3.8, 4) is 5.92 Å². The SMILES string of the molecule is [C]#CC(CCC)c1ccc(CCCCCCCC)cc1. The van der Waals surface area contributed by atoms with Crippen LogP contribution in [0.1, 0.15) is 82.3 Å². The van der Waals surface area contributed by atoms with Crippen molar-refractivity contribution in [3.63, 3.8) is 0 Å². The Hall–Kier alpha value is -1.22. The van der Waals surface area contributed by atoms with Gasteiger partial charge >= 0.3 is 0 Å². The van der Waals surface area contributed by atoms with Crippen LogP contribution in [-0.2, 0) is 6.42 Å². The highest BCUT2D eigenvalue weighted by Crippen LogP contribution is 2.21. The molecular weight excluding hydrogens is 240 g/mol. The normalized spacial score (nSPS) is 12.1. The number of benzene rings is 1. The van der Waals surface area contributed by atoms with E-state index < -0.39 is 0 Å². The zero-order valence-corrected chi connectivity index (χ0v) is 13.3. The second kappa shape index (κ2) is 10.6. The van der Waals surface area contributed by atoms with Crippen molar-refractivity contribution < 1.29 is 0 Å². The minimum atomic E-state index is 0.183. The Morgan fingerprint density at radius 1 is 0.900 bits per heavy atom. The predicted octanol–water partition coefficient (Wildman–Crippen LogP) is 6.06. The van der Waals surface area contributed by atoms with E-state index >= 15 is 0 Å². The van der Waals surface area contributed by atoms with E-state index in [0.717, 1.165) is 12.8 Å². The summed E-state index contributed by atoms with van der Waals surface area (Å²) in [5.41, 5.74) is 2.68. The summed E-state index contributed by atoms with van der Waals surface area (Å²) in [5.74, 6) is 2.84. The van der Waals surface area contributed by atoms with Crippen LogP contribution in [0.25, 0.3) is 0 Å². The lowest BCUT2D eigenvalue weighted by Crippen LogP contribution is -1.95. The molecule has 0 aliphatic carbocycles. The van der Waals surface area contributed by atoms with Crippen molar-refractivity contribution >= 4 is 0 Å². The third-order valence-corrected chi connectivity index (χ3v) is 3.95. The largest absolute Gasteiger partial charge is 0.0809 e. The smallest absolute Gasteiger partial charge is 0.0462 e. The molecule has 0 bridgehead atoms. The van der Waals surface area contributed by atoms with Gasteiger partial charge in [-0.25, -0.2) is 0 Å². The molecule has 0 aliphatic heterocycles. The monoisotopic (exact) mass is 269 g/mol. The number of aryl methyl sites for hydroxylation is 1. The van der Waals surface area contributed by atoms with Crippen LogP contribution in [0.3, 0.4) is 0 Å². The maximum Gasteiger partial charge on any atom is 0.0462 e. The molecule has 0 aliphatic rings. The van der Waals surface area contributed by atoms with E-state index in [1.165, 1.54) is 56.1 Å². The lowest BCUT2D eigenvalue weighted by atomic mass is 9.94. The molecule has 0 fully saturated rings. The molecule has 0 N–H and O–H groups in total. The third-order valence-electron chi connectivity index (χ3n) is 3.95. The Morgan fingerprint density at radius 2 is 1.55 bits per heavy atom. The molecule has 1 rings (SSSR count). The molecule has 0 heterocycles. The van der Waals surface area contributed by atoms with E-state index in [0.29, 0.717) is 0 Å². The molecule has 109 valence electrons. The van der Waals surface area contributed by atoms with Crippen LogP contribution in [0, 0.1) is 12.3 Å². The molecule has 1 atom stereocenters. The summed E-state index contributed by atoms with van der Waals surface area (Å²) in [6.45, 7) is 4.43. The fraction of sp³-hybridized carbons (Fsp3) is 0.600. The van der Waals surface area contributed by atoms with Crippen LogP contribution in [-0.4, -0.2) is 0 Å². The highest BCUT2D eigenvalue weighted by Gasteiger charge is 2.06. The standard InChI is InChI=1S/C20H29/c1-4-7-8-9-10-11-13-18-14-16-20(17-15-18)19(6-3)12-5-2/h14-17,19H,4-5,7-13H2,1-2H3. The topological polar surface area (TPSA) is 0 Å². The first-order valence-corrected chi connectivity index (χ1v) is 8.32. The highest BCUT2D eigenvalue weighted by molar-refractivity contribution is 5.29. The Balaban J connectivity index is 2.33. The lowest BCUT2D eigenvalue weighted by Gasteiger charge is -2.10. The van der Waals surface area contributed by atoms with Gasteiger partial charge < -0.3 is 0 Å². The Bertz CT molecular complexity index is 379. The minimum absolute atomic E-state index is 0.183. The van der Waals surface area contributed by atoms with Crippen LogP contribution >= 0.6 is 0 Å². The molecule has 0 saturated carbocycles. The summed E-state index contributed by atoms with van der Waals surface area (Å²) in [6, 6.07) is 8.85. The van der Waals surface area contributed by atoms with E-state index in [1.54, 1.807) is 0 Å². The van der Waals surface area contributed by atoms with Gasteiger partial charge in [0.2, 0.25) is 0 Å². The Kier molecular flexibility index (Phi) is 8.88. The van der Waals surface area contributed by atoms with Crippen molar-refractivity contribution in [3.05, 3.63) is 41.8 Å². The van der Waals surface area contributed by atoms with Gasteiger partial charge in [-0.3, -0.25) is 0 Å². The van der Waals surface area contributed by atoms with Gasteiger partial charge in [0.15, 0.2) is 0 Å². The maximum atomic E-state index is 7.40. The predicted molar refractivity (Wildman–Crippen MR) is 88.3 cm³/mol. The van der Waals surface area contributed by atoms with Crippen molar-refractivity contribution in [1.82, 2.24) is 0 Å². The molecule has 0 amide bonds. The van der Waals surface area contributed by atoms with E-state index in [1.807, 2.05) is 0 Å². The first kappa shape index (κ1) is 16.8. The van der Waals surface area contributed by atoms with E-state index in [4.69, 9.17) is 6.42 Å². The van der Waals surface area contributed by atoms with Crippen molar-refractivity contribution in [2.24, 2.45) is 0 Å². The average molecular weight is 269 g/mol. The molecule has 1 radical (unpaired) electrons. The Morgan fingerprint density at radius 3 is 2.15 bits per heavy atom. The zero-order valence-electron chi connectivity index (χ0n) is 13.3. The summed E-state index contributed by atoms with van der Waals surface area (Å²) in [5, 5.41) is 0. The summed E-state index contributed by atoms with van der Waals surface area (Å²) < 4.78 is 0. The van der Waals surface area contributed by atoms with Crippen LogP contribution < -0.4 is 0 Å². The van der Waals surface area contributed by atoms with Gasteiger partial charge in [-0.2, -0.15) is 0 Å². The quantitative estimate of drug-likeness (QED) is 0.357. The number of unbranched alkanes of at least 4 members (excludes halogenated alkanes) is 5. The molecule has 0 saturated heterocycles. The average Bonchev–Trinajstić information content (AvgIpc) is 2.49. The summed E-state index contributed by atoms with van der Waals surface area (Å²) >= 11 is 0. The Labute approximate surface area is 126 Å². The van der Waals surface area contributed by atoms with Gasteiger partial charge in [0, 0.05) is 5.92 Å². The number of hydrogen-bond acceptors (Lipinski definition) is 0. The molecule has 0 spiro atoms. The summed E-state index contributed by atoms with van der Waals surface area (Å²) in [6.07, 6.45) is 18.9. The van der Waals surface area contributed by atoms with Crippen LogP contribution in [0.5, 0.6) is 0 Å². The molecular formula is C20H29. The van der Waals surface area contributed by atoms with E-state index in [2.05, 4.69) is 44.0 Å². The second-order valence-electron chi connectivity index (χ2n) is 5.74. The first-order chi connectivity index (χ1) is 9.81. The van der Waals surface area contributed by atoms with Crippen molar-refractivity contribution in [2.75, 3.05) is 0 Å². The van der Waals surface area contributed by atoms with Crippen LogP contribution in [0.4, 0.5) is 0 Å². The number of rotatable bonds is 10. The fourth-order valence-electron chi connectivity index (χ4n) is 2.64. The summed E-state index contributed by atoms with van der Waals surface area (Å²) in [4.78, 5) is 0. The van der Waals surface area contributed by atoms with Crippen molar-refractivity contribution in [1.29, 1.82) is 0 Å². The van der Waals surface area contributed by atoms with Gasteiger partial charge in [0.05, 0.1) is 0 Å². The maximum absolute atomic E-state index is 7.40. The third kappa shape index (κ3) is 6.29. The summed E-state index contributed by atoms with van der Waals surface area (Å²) in [7, 11) is 0. The molecule has 0 heteroatoms. The lowest BCUT2D eigenvalue weighted by molar-refractivity contribution is 0.607. The second-order valence-corrected chi connectivity index (χ2v) is 5.74. The molecule has 20 heavy (non-hydrogen) atoms. The molecule has 0 nitrogen and oxygen atoms in total. The number of hydrogen-bond donors (Lipinski definition) is 0. The molecule has 0 aromatic heterocycles. The van der Waals surface area contributed by atoms with E-state index in [-0.39, 0.29) is 5.92 Å². The highest BCUT2D eigenvalue weighted by atomic mass is 14.1. The van der Waals surface area contributed by atoms with Crippen LogP contribution in [0.2, 0.25) is 0 Å². The van der Waals surface area contributed by atoms with E-state index in [9.17, 15) is 0 Å². The first-order valence-electron chi connectivity index (χ1n) is 8.32. The van der Waals surface area contributed by atoms with Crippen molar-refractivity contribution in [2.45, 2.75) is 77.6 Å². The van der Waals surface area contributed by atoms with Gasteiger partial charge in [-0.1, -0.05) is 82.6 Å². The fourth-order valence-corrected chi connectivity index (χ4v) is 2.64. The van der Waals surface area contributed by atoms with Crippen LogP contribution in [0.15, 0.2) is 24.3 Å². The minimum Gasteiger partial charge on any atom is -0.0809 e. The molecule has 1 aromatic rings.